The van der Waals surface area contributed by atoms with Crippen LogP contribution in [0.1, 0.15) is 35.3 Å². The topological polar surface area (TPSA) is 68.0 Å². The van der Waals surface area contributed by atoms with E-state index in [0.29, 0.717) is 5.56 Å². The second-order valence-corrected chi connectivity index (χ2v) is 5.99. The van der Waals surface area contributed by atoms with Crippen molar-refractivity contribution in [3.05, 3.63) is 53.7 Å². The summed E-state index contributed by atoms with van der Waals surface area (Å²) in [4.78, 5) is 16.7. The molecular weight excluding hydrogens is 274 g/mol. The Balaban J connectivity index is 1.70. The molecule has 0 saturated heterocycles. The third-order valence-corrected chi connectivity index (χ3v) is 4.14. The fourth-order valence-corrected chi connectivity index (χ4v) is 2.91. The van der Waals surface area contributed by atoms with Crippen LogP contribution in [-0.2, 0) is 0 Å². The maximum atomic E-state index is 12.2. The zero-order valence-electron chi connectivity index (χ0n) is 12.8. The third-order valence-electron chi connectivity index (χ3n) is 4.14. The van der Waals surface area contributed by atoms with Crippen molar-refractivity contribution in [3.63, 3.8) is 0 Å². The van der Waals surface area contributed by atoms with Crippen LogP contribution >= 0.6 is 0 Å². The highest BCUT2D eigenvalue weighted by molar-refractivity contribution is 5.94. The van der Waals surface area contributed by atoms with E-state index in [4.69, 9.17) is 5.73 Å². The number of rotatable bonds is 3. The SMILES string of the molecule is Cc1cccc(-c2ccc(C(=O)N[C@H]3CC[C@@H](N)C3)cc2)n1. The fraction of sp³-hybridized carbons (Fsp3) is 0.333. The molecule has 1 aromatic heterocycles. The summed E-state index contributed by atoms with van der Waals surface area (Å²) in [6.45, 7) is 1.97. The summed E-state index contributed by atoms with van der Waals surface area (Å²) in [6.07, 6.45) is 2.83. The summed E-state index contributed by atoms with van der Waals surface area (Å²) in [5.41, 5.74) is 9.48. The lowest BCUT2D eigenvalue weighted by Crippen LogP contribution is -2.33. The highest BCUT2D eigenvalue weighted by Crippen LogP contribution is 2.20. The van der Waals surface area contributed by atoms with E-state index in [9.17, 15) is 4.79 Å². The minimum Gasteiger partial charge on any atom is -0.349 e. The Kier molecular flexibility index (Phi) is 4.20. The van der Waals surface area contributed by atoms with Gasteiger partial charge in [0.05, 0.1) is 5.69 Å². The standard InChI is InChI=1S/C18H21N3O/c1-12-3-2-4-17(20-12)13-5-7-14(8-6-13)18(22)21-16-10-9-15(19)11-16/h2-8,15-16H,9-11,19H2,1H3,(H,21,22)/t15-,16+/m1/s1. The molecule has 3 rings (SSSR count). The lowest BCUT2D eigenvalue weighted by atomic mass is 10.1. The minimum absolute atomic E-state index is 0.0251. The Hall–Kier alpha value is -2.20. The number of hydrogen-bond acceptors (Lipinski definition) is 3. The monoisotopic (exact) mass is 295 g/mol. The van der Waals surface area contributed by atoms with Crippen LogP contribution < -0.4 is 11.1 Å². The predicted octanol–water partition coefficient (Wildman–Crippen LogP) is 2.67. The summed E-state index contributed by atoms with van der Waals surface area (Å²) in [6, 6.07) is 13.9. The van der Waals surface area contributed by atoms with Crippen molar-refractivity contribution >= 4 is 5.91 Å². The first-order chi connectivity index (χ1) is 10.6. The normalized spacial score (nSPS) is 20.8. The van der Waals surface area contributed by atoms with Crippen LogP contribution in [0.15, 0.2) is 42.5 Å². The molecule has 4 nitrogen and oxygen atoms in total. The van der Waals surface area contributed by atoms with Crippen LogP contribution in [0.3, 0.4) is 0 Å². The van der Waals surface area contributed by atoms with Crippen molar-refractivity contribution in [1.82, 2.24) is 10.3 Å². The second kappa shape index (κ2) is 6.28. The molecule has 0 radical (unpaired) electrons. The highest BCUT2D eigenvalue weighted by atomic mass is 16.1. The summed E-state index contributed by atoms with van der Waals surface area (Å²) < 4.78 is 0. The highest BCUT2D eigenvalue weighted by Gasteiger charge is 2.23. The van der Waals surface area contributed by atoms with Crippen LogP contribution in [-0.4, -0.2) is 23.0 Å². The number of pyridine rings is 1. The summed E-state index contributed by atoms with van der Waals surface area (Å²) in [5, 5.41) is 3.06. The number of aromatic nitrogens is 1. The number of aryl methyl sites for hydroxylation is 1. The average molecular weight is 295 g/mol. The minimum atomic E-state index is -0.0251. The maximum Gasteiger partial charge on any atom is 0.251 e. The molecule has 1 fully saturated rings. The number of nitrogens with two attached hydrogens (primary N) is 1. The van der Waals surface area contributed by atoms with Gasteiger partial charge in [-0.1, -0.05) is 18.2 Å². The molecule has 2 atom stereocenters. The molecule has 0 spiro atoms. The van der Waals surface area contributed by atoms with Gasteiger partial charge in [-0.05, 0) is 50.5 Å². The summed E-state index contributed by atoms with van der Waals surface area (Å²) in [5.74, 6) is -0.0251. The number of carbonyl (C=O) groups excluding carboxylic acids is 1. The third kappa shape index (κ3) is 3.34. The molecule has 1 amide bonds. The van der Waals surface area contributed by atoms with Crippen molar-refractivity contribution in [2.45, 2.75) is 38.3 Å². The van der Waals surface area contributed by atoms with Crippen molar-refractivity contribution in [3.8, 4) is 11.3 Å². The van der Waals surface area contributed by atoms with Crippen LogP contribution in [0.2, 0.25) is 0 Å². The lowest BCUT2D eigenvalue weighted by molar-refractivity contribution is 0.0937. The molecule has 1 saturated carbocycles. The molecule has 114 valence electrons. The molecule has 1 aliphatic carbocycles. The van der Waals surface area contributed by atoms with Crippen molar-refractivity contribution < 1.29 is 4.79 Å². The zero-order valence-corrected chi connectivity index (χ0v) is 12.8. The van der Waals surface area contributed by atoms with E-state index in [1.165, 1.54) is 0 Å². The number of nitrogens with zero attached hydrogens (tertiary/aromatic N) is 1. The number of amides is 1. The van der Waals surface area contributed by atoms with Gasteiger partial charge < -0.3 is 11.1 Å². The fourth-order valence-electron chi connectivity index (χ4n) is 2.91. The number of nitrogens with one attached hydrogen (secondary N) is 1. The Morgan fingerprint density at radius 1 is 1.18 bits per heavy atom. The Labute approximate surface area is 130 Å². The van der Waals surface area contributed by atoms with E-state index in [1.54, 1.807) is 0 Å². The van der Waals surface area contributed by atoms with Gasteiger partial charge in [0.25, 0.3) is 5.91 Å². The van der Waals surface area contributed by atoms with Gasteiger partial charge in [-0.15, -0.1) is 0 Å². The predicted molar refractivity (Wildman–Crippen MR) is 87.5 cm³/mol. The Morgan fingerprint density at radius 3 is 2.59 bits per heavy atom. The molecule has 2 aromatic rings. The Morgan fingerprint density at radius 2 is 1.95 bits per heavy atom. The van der Waals surface area contributed by atoms with E-state index >= 15 is 0 Å². The van der Waals surface area contributed by atoms with Gasteiger partial charge in [0, 0.05) is 28.9 Å². The van der Waals surface area contributed by atoms with Crippen molar-refractivity contribution in [2.75, 3.05) is 0 Å². The van der Waals surface area contributed by atoms with Crippen LogP contribution in [0.4, 0.5) is 0 Å². The van der Waals surface area contributed by atoms with Gasteiger partial charge in [-0.25, -0.2) is 0 Å². The first kappa shape index (κ1) is 14.7. The first-order valence-corrected chi connectivity index (χ1v) is 7.72. The van der Waals surface area contributed by atoms with E-state index in [2.05, 4.69) is 10.3 Å². The van der Waals surface area contributed by atoms with Gasteiger partial charge in [0.15, 0.2) is 0 Å². The van der Waals surface area contributed by atoms with Gasteiger partial charge in [0.2, 0.25) is 0 Å². The van der Waals surface area contributed by atoms with Crippen LogP contribution in [0.25, 0.3) is 11.3 Å². The molecule has 0 unspecified atom stereocenters. The quantitative estimate of drug-likeness (QED) is 0.914. The molecule has 0 bridgehead atoms. The van der Waals surface area contributed by atoms with Crippen LogP contribution in [0, 0.1) is 6.92 Å². The van der Waals surface area contributed by atoms with Crippen LogP contribution in [0.5, 0.6) is 0 Å². The molecule has 4 heteroatoms. The molecule has 1 heterocycles. The summed E-state index contributed by atoms with van der Waals surface area (Å²) >= 11 is 0. The molecular formula is C18H21N3O. The smallest absolute Gasteiger partial charge is 0.251 e. The molecule has 22 heavy (non-hydrogen) atoms. The summed E-state index contributed by atoms with van der Waals surface area (Å²) in [7, 11) is 0. The van der Waals surface area contributed by atoms with E-state index in [0.717, 1.165) is 36.2 Å². The van der Waals surface area contributed by atoms with Gasteiger partial charge >= 0.3 is 0 Å². The van der Waals surface area contributed by atoms with Crippen molar-refractivity contribution in [2.24, 2.45) is 5.73 Å². The van der Waals surface area contributed by atoms with Crippen molar-refractivity contribution in [1.29, 1.82) is 0 Å². The van der Waals surface area contributed by atoms with Gasteiger partial charge in [-0.2, -0.15) is 0 Å². The Bertz CT molecular complexity index is 666. The molecule has 1 aliphatic rings. The average Bonchev–Trinajstić information content (AvgIpc) is 2.92. The zero-order chi connectivity index (χ0) is 15.5. The van der Waals surface area contributed by atoms with Gasteiger partial charge in [-0.3, -0.25) is 9.78 Å². The molecule has 3 N–H and O–H groups in total. The number of carbonyl (C=O) groups is 1. The second-order valence-electron chi connectivity index (χ2n) is 5.99. The van der Waals surface area contributed by atoms with E-state index in [-0.39, 0.29) is 18.0 Å². The first-order valence-electron chi connectivity index (χ1n) is 7.72. The number of benzene rings is 1. The van der Waals surface area contributed by atoms with E-state index in [1.807, 2.05) is 49.4 Å². The largest absolute Gasteiger partial charge is 0.349 e. The molecule has 0 aliphatic heterocycles. The van der Waals surface area contributed by atoms with E-state index < -0.39 is 0 Å². The molecule has 1 aromatic carbocycles. The maximum absolute atomic E-state index is 12.2. The van der Waals surface area contributed by atoms with Gasteiger partial charge in [0.1, 0.15) is 0 Å². The number of hydrogen-bond donors (Lipinski definition) is 2. The lowest BCUT2D eigenvalue weighted by Gasteiger charge is -2.12.